The molecule has 0 aromatic rings. The van der Waals surface area contributed by atoms with E-state index in [0.717, 1.165) is 7.11 Å². The fourth-order valence-electron chi connectivity index (χ4n) is 2.27. The summed E-state index contributed by atoms with van der Waals surface area (Å²) in [5.74, 6) is -4.49. The third-order valence-corrected chi connectivity index (χ3v) is 3.14. The van der Waals surface area contributed by atoms with Gasteiger partial charge in [-0.1, -0.05) is 0 Å². The summed E-state index contributed by atoms with van der Waals surface area (Å²) in [6.45, 7) is 0.670. The van der Waals surface area contributed by atoms with Gasteiger partial charge in [0.05, 0.1) is 13.0 Å². The molecule has 13 heavy (non-hydrogen) atoms. The van der Waals surface area contributed by atoms with Crippen LogP contribution in [0.3, 0.4) is 0 Å². The van der Waals surface area contributed by atoms with E-state index < -0.39 is 23.2 Å². The topological polar surface area (TPSA) is 38.3 Å². The smallest absolute Gasteiger partial charge is 0.318 e. The lowest BCUT2D eigenvalue weighted by Crippen LogP contribution is -2.34. The summed E-state index contributed by atoms with van der Waals surface area (Å²) in [4.78, 5) is 11.2. The second-order valence-corrected chi connectivity index (χ2v) is 3.59. The standard InChI is InChI=1S/C8H11F2NO2/c1-13-6(12)7-2-3-11-4-5(7)8(7,9)10/h5,11H,2-4H2,1H3/t5-,7+/m0/s1. The number of fused-ring (bicyclic) bond motifs is 1. The van der Waals surface area contributed by atoms with Gasteiger partial charge < -0.3 is 10.1 Å². The van der Waals surface area contributed by atoms with Gasteiger partial charge >= 0.3 is 5.97 Å². The molecule has 1 saturated heterocycles. The van der Waals surface area contributed by atoms with Crippen molar-refractivity contribution in [1.82, 2.24) is 5.32 Å². The largest absolute Gasteiger partial charge is 0.468 e. The van der Waals surface area contributed by atoms with Gasteiger partial charge in [-0.15, -0.1) is 0 Å². The first-order chi connectivity index (χ1) is 6.07. The Bertz CT molecular complexity index is 257. The number of carbonyl (C=O) groups excluding carboxylic acids is 1. The highest BCUT2D eigenvalue weighted by Gasteiger charge is 2.85. The number of hydrogen-bond acceptors (Lipinski definition) is 3. The molecule has 0 spiro atoms. The summed E-state index contributed by atoms with van der Waals surface area (Å²) >= 11 is 0. The van der Waals surface area contributed by atoms with E-state index in [-0.39, 0.29) is 13.0 Å². The molecule has 1 saturated carbocycles. The Hall–Kier alpha value is -0.710. The Kier molecular flexibility index (Phi) is 1.64. The Morgan fingerprint density at radius 2 is 2.31 bits per heavy atom. The normalized spacial score (nSPS) is 40.7. The van der Waals surface area contributed by atoms with E-state index in [1.807, 2.05) is 0 Å². The number of ether oxygens (including phenoxy) is 1. The van der Waals surface area contributed by atoms with Crippen LogP contribution in [0.5, 0.6) is 0 Å². The van der Waals surface area contributed by atoms with E-state index in [0.29, 0.717) is 6.54 Å². The summed E-state index contributed by atoms with van der Waals surface area (Å²) in [5.41, 5.74) is -1.51. The zero-order valence-electron chi connectivity index (χ0n) is 7.27. The van der Waals surface area contributed by atoms with Crippen LogP contribution in [0, 0.1) is 11.3 Å². The van der Waals surface area contributed by atoms with Gasteiger partial charge in [-0.3, -0.25) is 4.79 Å². The first-order valence-electron chi connectivity index (χ1n) is 4.24. The van der Waals surface area contributed by atoms with Crippen molar-refractivity contribution in [2.24, 2.45) is 11.3 Å². The molecule has 74 valence electrons. The van der Waals surface area contributed by atoms with Crippen molar-refractivity contribution >= 4 is 5.97 Å². The van der Waals surface area contributed by atoms with Crippen molar-refractivity contribution in [1.29, 1.82) is 0 Å². The lowest BCUT2D eigenvalue weighted by molar-refractivity contribution is -0.152. The molecule has 1 aliphatic heterocycles. The molecule has 0 radical (unpaired) electrons. The molecule has 0 aromatic carbocycles. The maximum atomic E-state index is 13.3. The lowest BCUT2D eigenvalue weighted by Gasteiger charge is -2.18. The van der Waals surface area contributed by atoms with E-state index in [1.165, 1.54) is 0 Å². The van der Waals surface area contributed by atoms with Gasteiger partial charge in [-0.05, 0) is 13.0 Å². The van der Waals surface area contributed by atoms with Gasteiger partial charge in [0.1, 0.15) is 5.41 Å². The van der Waals surface area contributed by atoms with Crippen molar-refractivity contribution in [3.63, 3.8) is 0 Å². The van der Waals surface area contributed by atoms with Crippen molar-refractivity contribution in [2.75, 3.05) is 20.2 Å². The zero-order chi connectivity index (χ0) is 9.69. The van der Waals surface area contributed by atoms with Crippen LogP contribution in [0.25, 0.3) is 0 Å². The monoisotopic (exact) mass is 191 g/mol. The van der Waals surface area contributed by atoms with Crippen molar-refractivity contribution in [3.8, 4) is 0 Å². The number of hydrogen-bond donors (Lipinski definition) is 1. The van der Waals surface area contributed by atoms with Crippen LogP contribution in [-0.2, 0) is 9.53 Å². The number of alkyl halides is 2. The third-order valence-electron chi connectivity index (χ3n) is 3.14. The van der Waals surface area contributed by atoms with Gasteiger partial charge in [0.25, 0.3) is 5.92 Å². The zero-order valence-corrected chi connectivity index (χ0v) is 7.27. The first-order valence-corrected chi connectivity index (χ1v) is 4.24. The van der Waals surface area contributed by atoms with Crippen molar-refractivity contribution in [2.45, 2.75) is 12.3 Å². The Morgan fingerprint density at radius 1 is 1.62 bits per heavy atom. The molecule has 2 aliphatic rings. The van der Waals surface area contributed by atoms with Gasteiger partial charge in [0.15, 0.2) is 0 Å². The highest BCUT2D eigenvalue weighted by Crippen LogP contribution is 2.69. The summed E-state index contributed by atoms with van der Waals surface area (Å²) in [6.07, 6.45) is 0.178. The molecule has 0 aromatic heterocycles. The second-order valence-electron chi connectivity index (χ2n) is 3.59. The van der Waals surface area contributed by atoms with Gasteiger partial charge in [-0.25, -0.2) is 8.78 Å². The van der Waals surface area contributed by atoms with Gasteiger partial charge in [0.2, 0.25) is 0 Å². The number of piperidine rings is 1. The fourth-order valence-corrected chi connectivity index (χ4v) is 2.27. The highest BCUT2D eigenvalue weighted by atomic mass is 19.3. The predicted molar refractivity (Wildman–Crippen MR) is 40.4 cm³/mol. The van der Waals surface area contributed by atoms with Crippen LogP contribution in [-0.4, -0.2) is 32.1 Å². The van der Waals surface area contributed by atoms with Crippen molar-refractivity contribution < 1.29 is 18.3 Å². The van der Waals surface area contributed by atoms with Crippen LogP contribution >= 0.6 is 0 Å². The molecular weight excluding hydrogens is 180 g/mol. The molecule has 1 heterocycles. The number of nitrogens with one attached hydrogen (secondary N) is 1. The van der Waals surface area contributed by atoms with Crippen LogP contribution < -0.4 is 5.32 Å². The number of rotatable bonds is 1. The molecule has 3 nitrogen and oxygen atoms in total. The number of esters is 1. The Labute approximate surface area is 74.4 Å². The molecule has 0 bridgehead atoms. The quantitative estimate of drug-likeness (QED) is 0.610. The molecular formula is C8H11F2NO2. The average Bonchev–Trinajstić information content (AvgIpc) is 2.65. The summed E-state index contributed by atoms with van der Waals surface area (Å²) < 4.78 is 30.9. The lowest BCUT2D eigenvalue weighted by atomic mass is 9.96. The van der Waals surface area contributed by atoms with E-state index in [9.17, 15) is 13.6 Å². The fraction of sp³-hybridized carbons (Fsp3) is 0.875. The Morgan fingerprint density at radius 3 is 2.85 bits per heavy atom. The van der Waals surface area contributed by atoms with Gasteiger partial charge in [-0.2, -0.15) is 0 Å². The summed E-state index contributed by atoms with van der Waals surface area (Å²) in [7, 11) is 1.16. The van der Waals surface area contributed by atoms with Gasteiger partial charge in [0, 0.05) is 6.54 Å². The minimum atomic E-state index is -2.87. The molecule has 2 rings (SSSR count). The third kappa shape index (κ3) is 0.829. The average molecular weight is 191 g/mol. The molecule has 1 aliphatic carbocycles. The maximum Gasteiger partial charge on any atom is 0.318 e. The molecule has 0 unspecified atom stereocenters. The maximum absolute atomic E-state index is 13.3. The van der Waals surface area contributed by atoms with E-state index in [4.69, 9.17) is 0 Å². The SMILES string of the molecule is COC(=O)[C@@]12CCNC[C@@H]1C2(F)F. The predicted octanol–water partition coefficient (Wildman–Crippen LogP) is 0.404. The van der Waals surface area contributed by atoms with E-state index in [1.54, 1.807) is 0 Å². The van der Waals surface area contributed by atoms with Crippen LogP contribution in [0.1, 0.15) is 6.42 Å². The van der Waals surface area contributed by atoms with E-state index in [2.05, 4.69) is 10.1 Å². The molecule has 0 amide bonds. The van der Waals surface area contributed by atoms with Crippen molar-refractivity contribution in [3.05, 3.63) is 0 Å². The summed E-state index contributed by atoms with van der Waals surface area (Å²) in [6, 6.07) is 0. The minimum Gasteiger partial charge on any atom is -0.468 e. The molecule has 2 atom stereocenters. The number of carbonyl (C=O) groups is 1. The highest BCUT2D eigenvalue weighted by molar-refractivity contribution is 5.83. The summed E-state index contributed by atoms with van der Waals surface area (Å²) in [5, 5.41) is 2.85. The first kappa shape index (κ1) is 8.87. The Balaban J connectivity index is 2.26. The van der Waals surface area contributed by atoms with E-state index >= 15 is 0 Å². The molecule has 2 fully saturated rings. The number of methoxy groups -OCH3 is 1. The van der Waals surface area contributed by atoms with Crippen LogP contribution in [0.15, 0.2) is 0 Å². The molecule has 5 heteroatoms. The minimum absolute atomic E-state index is 0.178. The number of halogens is 2. The second kappa shape index (κ2) is 2.41. The molecule has 1 N–H and O–H groups in total. The van der Waals surface area contributed by atoms with Crippen LogP contribution in [0.2, 0.25) is 0 Å². The van der Waals surface area contributed by atoms with Crippen LogP contribution in [0.4, 0.5) is 8.78 Å².